The zero-order chi connectivity index (χ0) is 11.8. The molecule has 0 spiro atoms. The van der Waals surface area contributed by atoms with E-state index in [9.17, 15) is 0 Å². The Labute approximate surface area is 106 Å². The first-order valence-electron chi connectivity index (χ1n) is 6.46. The van der Waals surface area contributed by atoms with Crippen LogP contribution in [-0.4, -0.2) is 29.5 Å². The SMILES string of the molecule is CCCN1CC=C2c3sc(N)nc3CCC2C1. The smallest absolute Gasteiger partial charge is 0.180 e. The third kappa shape index (κ3) is 2.00. The number of hydrogen-bond donors (Lipinski definition) is 1. The molecule has 1 aliphatic carbocycles. The molecular weight excluding hydrogens is 230 g/mol. The molecule has 0 saturated carbocycles. The molecule has 17 heavy (non-hydrogen) atoms. The van der Waals surface area contributed by atoms with E-state index in [0.29, 0.717) is 5.92 Å². The zero-order valence-electron chi connectivity index (χ0n) is 10.3. The Morgan fingerprint density at radius 3 is 3.29 bits per heavy atom. The molecule has 0 amide bonds. The van der Waals surface area contributed by atoms with Crippen molar-refractivity contribution in [1.29, 1.82) is 0 Å². The fourth-order valence-electron chi connectivity index (χ4n) is 2.98. The Balaban J connectivity index is 1.88. The summed E-state index contributed by atoms with van der Waals surface area (Å²) >= 11 is 1.67. The van der Waals surface area contributed by atoms with Crippen molar-refractivity contribution in [2.75, 3.05) is 25.4 Å². The Hall–Kier alpha value is -0.870. The van der Waals surface area contributed by atoms with Gasteiger partial charge in [0, 0.05) is 13.1 Å². The standard InChI is InChI=1S/C13H19N3S/c1-2-6-16-7-5-10-9(8-16)3-4-11-12(10)17-13(14)15-11/h5,9H,2-4,6-8H2,1H3,(H2,14,15). The first kappa shape index (κ1) is 11.2. The molecule has 3 rings (SSSR count). The van der Waals surface area contributed by atoms with Gasteiger partial charge in [0.15, 0.2) is 5.13 Å². The zero-order valence-corrected chi connectivity index (χ0v) is 11.1. The molecule has 1 aliphatic heterocycles. The molecule has 1 unspecified atom stereocenters. The van der Waals surface area contributed by atoms with Crippen molar-refractivity contribution in [1.82, 2.24) is 9.88 Å². The van der Waals surface area contributed by atoms with Gasteiger partial charge in [0.1, 0.15) is 0 Å². The summed E-state index contributed by atoms with van der Waals surface area (Å²) < 4.78 is 0. The minimum atomic E-state index is 0.711. The van der Waals surface area contributed by atoms with Crippen molar-refractivity contribution < 1.29 is 0 Å². The fraction of sp³-hybridized carbons (Fsp3) is 0.615. The van der Waals surface area contributed by atoms with E-state index in [0.717, 1.165) is 18.1 Å². The maximum Gasteiger partial charge on any atom is 0.180 e. The Morgan fingerprint density at radius 1 is 1.59 bits per heavy atom. The maximum atomic E-state index is 5.82. The second-order valence-corrected chi connectivity index (χ2v) is 6.01. The van der Waals surface area contributed by atoms with Crippen LogP contribution in [0.2, 0.25) is 0 Å². The van der Waals surface area contributed by atoms with Crippen LogP contribution in [0.4, 0.5) is 5.13 Å². The highest BCUT2D eigenvalue weighted by Crippen LogP contribution is 2.41. The van der Waals surface area contributed by atoms with E-state index in [4.69, 9.17) is 5.73 Å². The van der Waals surface area contributed by atoms with Crippen LogP contribution in [0.3, 0.4) is 0 Å². The van der Waals surface area contributed by atoms with E-state index in [2.05, 4.69) is 22.9 Å². The number of fused-ring (bicyclic) bond motifs is 3. The molecule has 0 radical (unpaired) electrons. The summed E-state index contributed by atoms with van der Waals surface area (Å²) in [6, 6.07) is 0. The number of aromatic nitrogens is 1. The average Bonchev–Trinajstić information content (AvgIpc) is 2.70. The van der Waals surface area contributed by atoms with Crippen LogP contribution in [0.1, 0.15) is 30.3 Å². The highest BCUT2D eigenvalue weighted by Gasteiger charge is 2.30. The summed E-state index contributed by atoms with van der Waals surface area (Å²) in [6.45, 7) is 5.79. The lowest BCUT2D eigenvalue weighted by atomic mass is 9.83. The van der Waals surface area contributed by atoms with Crippen molar-refractivity contribution in [3.05, 3.63) is 16.6 Å². The summed E-state index contributed by atoms with van der Waals surface area (Å²) in [6.07, 6.45) is 5.99. The molecule has 2 aliphatic rings. The molecule has 0 fully saturated rings. The van der Waals surface area contributed by atoms with Gasteiger partial charge in [-0.1, -0.05) is 24.3 Å². The lowest BCUT2D eigenvalue weighted by Gasteiger charge is -2.34. The lowest BCUT2D eigenvalue weighted by Crippen LogP contribution is -2.36. The number of nitrogens with two attached hydrogens (primary N) is 1. The molecule has 0 bridgehead atoms. The Kier molecular flexibility index (Phi) is 2.92. The van der Waals surface area contributed by atoms with E-state index < -0.39 is 0 Å². The van der Waals surface area contributed by atoms with E-state index in [-0.39, 0.29) is 0 Å². The topological polar surface area (TPSA) is 42.1 Å². The molecule has 1 aromatic heterocycles. The number of aryl methyl sites for hydroxylation is 1. The number of rotatable bonds is 2. The van der Waals surface area contributed by atoms with Gasteiger partial charge < -0.3 is 5.73 Å². The normalized spacial score (nSPS) is 24.1. The van der Waals surface area contributed by atoms with Crippen molar-refractivity contribution >= 4 is 22.0 Å². The number of hydrogen-bond acceptors (Lipinski definition) is 4. The summed E-state index contributed by atoms with van der Waals surface area (Å²) in [5.41, 5.74) is 8.58. The highest BCUT2D eigenvalue weighted by atomic mass is 32.1. The third-order valence-corrected chi connectivity index (χ3v) is 4.71. The van der Waals surface area contributed by atoms with Crippen LogP contribution in [0.25, 0.3) is 5.57 Å². The minimum Gasteiger partial charge on any atom is -0.375 e. The van der Waals surface area contributed by atoms with E-state index in [1.165, 1.54) is 42.1 Å². The van der Waals surface area contributed by atoms with Crippen molar-refractivity contribution in [2.24, 2.45) is 5.92 Å². The van der Waals surface area contributed by atoms with Crippen molar-refractivity contribution in [3.63, 3.8) is 0 Å². The molecule has 0 aromatic carbocycles. The fourth-order valence-corrected chi connectivity index (χ4v) is 3.98. The molecule has 3 nitrogen and oxygen atoms in total. The third-order valence-electron chi connectivity index (χ3n) is 3.73. The van der Waals surface area contributed by atoms with E-state index in [1.807, 2.05) is 0 Å². The first-order chi connectivity index (χ1) is 8.28. The quantitative estimate of drug-likeness (QED) is 0.875. The van der Waals surface area contributed by atoms with Gasteiger partial charge in [-0.25, -0.2) is 4.98 Å². The molecular formula is C13H19N3S. The monoisotopic (exact) mass is 249 g/mol. The van der Waals surface area contributed by atoms with Crippen molar-refractivity contribution in [3.8, 4) is 0 Å². The molecule has 1 aromatic rings. The molecule has 92 valence electrons. The Morgan fingerprint density at radius 2 is 2.47 bits per heavy atom. The Bertz CT molecular complexity index is 450. The van der Waals surface area contributed by atoms with Crippen LogP contribution >= 0.6 is 11.3 Å². The van der Waals surface area contributed by atoms with Gasteiger partial charge in [0.25, 0.3) is 0 Å². The van der Waals surface area contributed by atoms with Crippen LogP contribution in [0.15, 0.2) is 6.08 Å². The highest BCUT2D eigenvalue weighted by molar-refractivity contribution is 7.16. The summed E-state index contributed by atoms with van der Waals surface area (Å²) in [7, 11) is 0. The number of anilines is 1. The average molecular weight is 249 g/mol. The van der Waals surface area contributed by atoms with Gasteiger partial charge in [-0.15, -0.1) is 0 Å². The first-order valence-corrected chi connectivity index (χ1v) is 7.27. The summed E-state index contributed by atoms with van der Waals surface area (Å²) in [4.78, 5) is 8.37. The van der Waals surface area contributed by atoms with Gasteiger partial charge in [-0.2, -0.15) is 0 Å². The second kappa shape index (κ2) is 4.42. The van der Waals surface area contributed by atoms with Crippen LogP contribution in [0.5, 0.6) is 0 Å². The summed E-state index contributed by atoms with van der Waals surface area (Å²) in [5.74, 6) is 0.711. The van der Waals surface area contributed by atoms with Crippen molar-refractivity contribution in [2.45, 2.75) is 26.2 Å². The second-order valence-electron chi connectivity index (χ2n) is 4.98. The van der Waals surface area contributed by atoms with Gasteiger partial charge in [0.2, 0.25) is 0 Å². The predicted molar refractivity (Wildman–Crippen MR) is 73.0 cm³/mol. The van der Waals surface area contributed by atoms with Gasteiger partial charge in [-0.05, 0) is 37.3 Å². The number of thiazole rings is 1. The number of nitrogens with zero attached hydrogens (tertiary/aromatic N) is 2. The van der Waals surface area contributed by atoms with Gasteiger partial charge in [-0.3, -0.25) is 4.90 Å². The molecule has 2 N–H and O–H groups in total. The largest absolute Gasteiger partial charge is 0.375 e. The summed E-state index contributed by atoms with van der Waals surface area (Å²) in [5, 5.41) is 0.729. The van der Waals surface area contributed by atoms with Crippen LogP contribution in [-0.2, 0) is 6.42 Å². The van der Waals surface area contributed by atoms with E-state index in [1.54, 1.807) is 11.3 Å². The van der Waals surface area contributed by atoms with Crippen LogP contribution in [0, 0.1) is 5.92 Å². The van der Waals surface area contributed by atoms with Crippen LogP contribution < -0.4 is 5.73 Å². The predicted octanol–water partition coefficient (Wildman–Crippen LogP) is 2.40. The van der Waals surface area contributed by atoms with Gasteiger partial charge >= 0.3 is 0 Å². The van der Waals surface area contributed by atoms with Gasteiger partial charge in [0.05, 0.1) is 10.6 Å². The molecule has 0 saturated heterocycles. The van der Waals surface area contributed by atoms with E-state index >= 15 is 0 Å². The molecule has 4 heteroatoms. The molecule has 1 atom stereocenters. The molecule has 2 heterocycles. The lowest BCUT2D eigenvalue weighted by molar-refractivity contribution is 0.258. The minimum absolute atomic E-state index is 0.711. The number of nitrogen functional groups attached to an aromatic ring is 1. The maximum absolute atomic E-state index is 5.82.